The fourth-order valence-electron chi connectivity index (χ4n) is 1.45. The second-order valence-corrected chi connectivity index (χ2v) is 3.96. The highest BCUT2D eigenvalue weighted by Gasteiger charge is 2.06. The molecule has 1 amide bonds. The Morgan fingerprint density at radius 1 is 1.33 bits per heavy atom. The Labute approximate surface area is 105 Å². The summed E-state index contributed by atoms with van der Waals surface area (Å²) < 4.78 is 0. The number of pyridine rings is 2. The molecule has 0 aliphatic carbocycles. The monoisotopic (exact) mass is 242 g/mol. The van der Waals surface area contributed by atoms with Crippen LogP contribution in [-0.2, 0) is 6.54 Å². The summed E-state index contributed by atoms with van der Waals surface area (Å²) in [5, 5.41) is 2.76. The predicted molar refractivity (Wildman–Crippen MR) is 68.8 cm³/mol. The summed E-state index contributed by atoms with van der Waals surface area (Å²) in [4.78, 5) is 19.9. The molecule has 0 bridgehead atoms. The van der Waals surface area contributed by atoms with E-state index in [9.17, 15) is 4.79 Å². The van der Waals surface area contributed by atoms with Gasteiger partial charge in [0.15, 0.2) is 0 Å². The van der Waals surface area contributed by atoms with Gasteiger partial charge in [-0.15, -0.1) is 0 Å². The number of hydrogen-bond acceptors (Lipinski definition) is 4. The number of carbonyl (C=O) groups is 1. The van der Waals surface area contributed by atoms with E-state index in [2.05, 4.69) is 15.3 Å². The number of carbonyl (C=O) groups excluding carboxylic acids is 1. The standard InChI is InChI=1S/C13H14N4O/c1-9-2-3-10(7-16-9)8-17-13(18)12-6-11(14)4-5-15-12/h2-7H,8H2,1H3,(H2,14,15)(H,17,18). The van der Waals surface area contributed by atoms with Gasteiger partial charge in [-0.25, -0.2) is 0 Å². The number of anilines is 1. The average molecular weight is 242 g/mol. The van der Waals surface area contributed by atoms with Gasteiger partial charge in [0.05, 0.1) is 0 Å². The Balaban J connectivity index is 1.98. The van der Waals surface area contributed by atoms with Gasteiger partial charge in [-0.1, -0.05) is 6.07 Å². The molecular formula is C13H14N4O. The lowest BCUT2D eigenvalue weighted by Crippen LogP contribution is -2.23. The molecule has 2 rings (SSSR count). The normalized spacial score (nSPS) is 10.1. The van der Waals surface area contributed by atoms with Crippen LogP contribution in [0.15, 0.2) is 36.7 Å². The Bertz CT molecular complexity index is 551. The van der Waals surface area contributed by atoms with Crippen molar-refractivity contribution in [2.75, 3.05) is 5.73 Å². The predicted octanol–water partition coefficient (Wildman–Crippen LogP) is 1.30. The number of aromatic nitrogens is 2. The number of nitrogens with one attached hydrogen (secondary N) is 1. The van der Waals surface area contributed by atoms with Gasteiger partial charge < -0.3 is 11.1 Å². The fourth-order valence-corrected chi connectivity index (χ4v) is 1.45. The highest BCUT2D eigenvalue weighted by molar-refractivity contribution is 5.92. The molecule has 92 valence electrons. The molecule has 5 nitrogen and oxygen atoms in total. The van der Waals surface area contributed by atoms with Gasteiger partial charge in [-0.05, 0) is 30.7 Å². The quantitative estimate of drug-likeness (QED) is 0.850. The zero-order chi connectivity index (χ0) is 13.0. The molecule has 0 radical (unpaired) electrons. The summed E-state index contributed by atoms with van der Waals surface area (Å²) in [5.41, 5.74) is 8.31. The summed E-state index contributed by atoms with van der Waals surface area (Å²) >= 11 is 0. The maximum absolute atomic E-state index is 11.8. The number of aryl methyl sites for hydroxylation is 1. The van der Waals surface area contributed by atoms with Crippen molar-refractivity contribution in [1.82, 2.24) is 15.3 Å². The van der Waals surface area contributed by atoms with Gasteiger partial charge in [0, 0.05) is 30.3 Å². The third kappa shape index (κ3) is 3.04. The molecule has 0 spiro atoms. The first-order valence-corrected chi connectivity index (χ1v) is 5.56. The number of rotatable bonds is 3. The van der Waals surface area contributed by atoms with Gasteiger partial charge in [-0.3, -0.25) is 14.8 Å². The Morgan fingerprint density at radius 2 is 2.17 bits per heavy atom. The van der Waals surface area contributed by atoms with Crippen molar-refractivity contribution in [3.63, 3.8) is 0 Å². The van der Waals surface area contributed by atoms with E-state index < -0.39 is 0 Å². The van der Waals surface area contributed by atoms with Gasteiger partial charge in [0.25, 0.3) is 5.91 Å². The first-order valence-electron chi connectivity index (χ1n) is 5.56. The van der Waals surface area contributed by atoms with Crippen molar-refractivity contribution in [3.8, 4) is 0 Å². The van der Waals surface area contributed by atoms with Crippen LogP contribution in [0, 0.1) is 6.92 Å². The van der Waals surface area contributed by atoms with Crippen LogP contribution in [0.2, 0.25) is 0 Å². The summed E-state index contributed by atoms with van der Waals surface area (Å²) in [7, 11) is 0. The molecule has 0 unspecified atom stereocenters. The third-order valence-corrected chi connectivity index (χ3v) is 2.44. The van der Waals surface area contributed by atoms with Crippen molar-refractivity contribution in [3.05, 3.63) is 53.6 Å². The van der Waals surface area contributed by atoms with Gasteiger partial charge in [-0.2, -0.15) is 0 Å². The smallest absolute Gasteiger partial charge is 0.270 e. The lowest BCUT2D eigenvalue weighted by molar-refractivity contribution is 0.0946. The lowest BCUT2D eigenvalue weighted by atomic mass is 10.2. The molecule has 0 aliphatic heterocycles. The minimum atomic E-state index is -0.247. The number of nitrogens with zero attached hydrogens (tertiary/aromatic N) is 2. The van der Waals surface area contributed by atoms with Crippen LogP contribution >= 0.6 is 0 Å². The van der Waals surface area contributed by atoms with E-state index in [0.29, 0.717) is 17.9 Å². The van der Waals surface area contributed by atoms with E-state index in [1.807, 2.05) is 19.1 Å². The van der Waals surface area contributed by atoms with Crippen molar-refractivity contribution < 1.29 is 4.79 Å². The van der Waals surface area contributed by atoms with Crippen LogP contribution in [0.1, 0.15) is 21.7 Å². The molecule has 2 aromatic heterocycles. The third-order valence-electron chi connectivity index (χ3n) is 2.44. The zero-order valence-corrected chi connectivity index (χ0v) is 10.1. The van der Waals surface area contributed by atoms with Crippen LogP contribution in [0.25, 0.3) is 0 Å². The summed E-state index contributed by atoms with van der Waals surface area (Å²) in [5.74, 6) is -0.247. The highest BCUT2D eigenvalue weighted by atomic mass is 16.1. The van der Waals surface area contributed by atoms with E-state index in [1.165, 1.54) is 6.20 Å². The average Bonchev–Trinajstić information content (AvgIpc) is 2.38. The molecule has 0 saturated heterocycles. The first-order chi connectivity index (χ1) is 8.65. The molecule has 0 saturated carbocycles. The number of nitrogen functional groups attached to an aromatic ring is 1. The second-order valence-electron chi connectivity index (χ2n) is 3.96. The van der Waals surface area contributed by atoms with Crippen LogP contribution in [-0.4, -0.2) is 15.9 Å². The van der Waals surface area contributed by atoms with E-state index in [0.717, 1.165) is 11.3 Å². The highest BCUT2D eigenvalue weighted by Crippen LogP contribution is 2.03. The Kier molecular flexibility index (Phi) is 3.52. The van der Waals surface area contributed by atoms with Gasteiger partial charge in [0.2, 0.25) is 0 Å². The van der Waals surface area contributed by atoms with Crippen molar-refractivity contribution >= 4 is 11.6 Å². The van der Waals surface area contributed by atoms with E-state index in [1.54, 1.807) is 18.3 Å². The largest absolute Gasteiger partial charge is 0.399 e. The lowest BCUT2D eigenvalue weighted by Gasteiger charge is -2.05. The molecule has 18 heavy (non-hydrogen) atoms. The fraction of sp³-hybridized carbons (Fsp3) is 0.154. The van der Waals surface area contributed by atoms with Crippen LogP contribution in [0.4, 0.5) is 5.69 Å². The van der Waals surface area contributed by atoms with E-state index in [4.69, 9.17) is 5.73 Å². The molecule has 3 N–H and O–H groups in total. The van der Waals surface area contributed by atoms with Crippen LogP contribution in [0.5, 0.6) is 0 Å². The molecule has 2 aromatic rings. The maximum atomic E-state index is 11.8. The van der Waals surface area contributed by atoms with Crippen molar-refractivity contribution in [1.29, 1.82) is 0 Å². The van der Waals surface area contributed by atoms with Crippen molar-refractivity contribution in [2.24, 2.45) is 0 Å². The van der Waals surface area contributed by atoms with E-state index >= 15 is 0 Å². The van der Waals surface area contributed by atoms with Crippen molar-refractivity contribution in [2.45, 2.75) is 13.5 Å². The first kappa shape index (κ1) is 12.0. The number of nitrogens with two attached hydrogens (primary N) is 1. The van der Waals surface area contributed by atoms with Crippen LogP contribution < -0.4 is 11.1 Å². The second kappa shape index (κ2) is 5.27. The molecule has 0 atom stereocenters. The Hall–Kier alpha value is -2.43. The molecule has 0 aliphatic rings. The molecule has 5 heteroatoms. The minimum Gasteiger partial charge on any atom is -0.399 e. The number of amides is 1. The molecule has 2 heterocycles. The zero-order valence-electron chi connectivity index (χ0n) is 10.1. The summed E-state index contributed by atoms with van der Waals surface area (Å²) in [6.45, 7) is 2.33. The van der Waals surface area contributed by atoms with Gasteiger partial charge >= 0.3 is 0 Å². The SMILES string of the molecule is Cc1ccc(CNC(=O)c2cc(N)ccn2)cn1. The van der Waals surface area contributed by atoms with Gasteiger partial charge in [0.1, 0.15) is 5.69 Å². The van der Waals surface area contributed by atoms with Crippen LogP contribution in [0.3, 0.4) is 0 Å². The maximum Gasteiger partial charge on any atom is 0.270 e. The minimum absolute atomic E-state index is 0.247. The van der Waals surface area contributed by atoms with E-state index in [-0.39, 0.29) is 5.91 Å². The molecular weight excluding hydrogens is 228 g/mol. The molecule has 0 aromatic carbocycles. The summed E-state index contributed by atoms with van der Waals surface area (Å²) in [6.07, 6.45) is 3.25. The molecule has 0 fully saturated rings. The summed E-state index contributed by atoms with van der Waals surface area (Å²) in [6, 6.07) is 7.01. The topological polar surface area (TPSA) is 80.9 Å². The number of hydrogen-bond donors (Lipinski definition) is 2. The Morgan fingerprint density at radius 3 is 2.83 bits per heavy atom.